The van der Waals surface area contributed by atoms with Crippen molar-refractivity contribution in [3.05, 3.63) is 0 Å². The van der Waals surface area contributed by atoms with Crippen LogP contribution in [-0.2, 0) is 9.47 Å². The van der Waals surface area contributed by atoms with Crippen molar-refractivity contribution in [2.45, 2.75) is 25.4 Å². The van der Waals surface area contributed by atoms with Gasteiger partial charge in [-0.3, -0.25) is 0 Å². The van der Waals surface area contributed by atoms with Gasteiger partial charge in [0.2, 0.25) is 0 Å². The van der Waals surface area contributed by atoms with Crippen LogP contribution in [-0.4, -0.2) is 25.9 Å². The molecule has 0 radical (unpaired) electrons. The van der Waals surface area contributed by atoms with Gasteiger partial charge >= 0.3 is 0 Å². The molecule has 0 amide bonds. The number of epoxide rings is 1. The molecule has 2 heterocycles. The standard InChI is InChI=1S/C9H13NO2/c10-6-9(4-8-5-12-8)2-1-3-11-7-9/h8H,1-5,7H2. The number of nitrogens with zero attached hydrogens (tertiary/aromatic N) is 1. The Morgan fingerprint density at radius 1 is 1.58 bits per heavy atom. The van der Waals surface area contributed by atoms with Crippen molar-refractivity contribution < 1.29 is 9.47 Å². The van der Waals surface area contributed by atoms with E-state index < -0.39 is 0 Å². The van der Waals surface area contributed by atoms with E-state index in [0.717, 1.165) is 32.5 Å². The van der Waals surface area contributed by atoms with Gasteiger partial charge in [-0.1, -0.05) is 0 Å². The van der Waals surface area contributed by atoms with E-state index in [1.165, 1.54) is 0 Å². The van der Waals surface area contributed by atoms with Gasteiger partial charge in [-0.05, 0) is 19.3 Å². The van der Waals surface area contributed by atoms with E-state index in [2.05, 4.69) is 6.07 Å². The molecule has 0 aromatic rings. The van der Waals surface area contributed by atoms with Gasteiger partial charge in [0.15, 0.2) is 0 Å². The van der Waals surface area contributed by atoms with Crippen molar-refractivity contribution >= 4 is 0 Å². The van der Waals surface area contributed by atoms with Crippen LogP contribution in [0.25, 0.3) is 0 Å². The summed E-state index contributed by atoms with van der Waals surface area (Å²) in [6, 6.07) is 2.38. The van der Waals surface area contributed by atoms with Crippen molar-refractivity contribution in [1.82, 2.24) is 0 Å². The first-order valence-electron chi connectivity index (χ1n) is 4.45. The average Bonchev–Trinajstić information content (AvgIpc) is 2.90. The topological polar surface area (TPSA) is 45.5 Å². The zero-order chi connectivity index (χ0) is 8.44. The van der Waals surface area contributed by atoms with Crippen molar-refractivity contribution in [3.8, 4) is 6.07 Å². The summed E-state index contributed by atoms with van der Waals surface area (Å²) in [7, 11) is 0. The summed E-state index contributed by atoms with van der Waals surface area (Å²) in [5.74, 6) is 0. The Hall–Kier alpha value is -0.590. The third-order valence-corrected chi connectivity index (χ3v) is 2.58. The highest BCUT2D eigenvalue weighted by Crippen LogP contribution is 2.36. The normalized spacial score (nSPS) is 40.4. The minimum Gasteiger partial charge on any atom is -0.380 e. The zero-order valence-electron chi connectivity index (χ0n) is 7.08. The predicted molar refractivity (Wildman–Crippen MR) is 42.5 cm³/mol. The maximum atomic E-state index is 9.03. The molecule has 2 atom stereocenters. The lowest BCUT2D eigenvalue weighted by Crippen LogP contribution is -2.31. The van der Waals surface area contributed by atoms with Gasteiger partial charge in [0.25, 0.3) is 0 Å². The second kappa shape index (κ2) is 3.04. The monoisotopic (exact) mass is 167 g/mol. The number of hydrogen-bond acceptors (Lipinski definition) is 3. The Morgan fingerprint density at radius 2 is 2.42 bits per heavy atom. The third kappa shape index (κ3) is 1.60. The molecule has 0 aliphatic carbocycles. The lowest BCUT2D eigenvalue weighted by atomic mass is 9.80. The molecule has 0 aromatic carbocycles. The lowest BCUT2D eigenvalue weighted by molar-refractivity contribution is 0.0147. The molecule has 12 heavy (non-hydrogen) atoms. The maximum absolute atomic E-state index is 9.03. The highest BCUT2D eigenvalue weighted by Gasteiger charge is 2.39. The summed E-state index contributed by atoms with van der Waals surface area (Å²) >= 11 is 0. The summed E-state index contributed by atoms with van der Waals surface area (Å²) in [6.07, 6.45) is 3.19. The van der Waals surface area contributed by atoms with Crippen molar-refractivity contribution in [1.29, 1.82) is 5.26 Å². The van der Waals surface area contributed by atoms with Gasteiger partial charge < -0.3 is 9.47 Å². The Labute approximate surface area is 72.3 Å². The molecule has 2 aliphatic rings. The minimum atomic E-state index is -0.237. The molecule has 2 saturated heterocycles. The fourth-order valence-corrected chi connectivity index (χ4v) is 1.77. The number of rotatable bonds is 2. The summed E-state index contributed by atoms with van der Waals surface area (Å²) in [4.78, 5) is 0. The molecule has 0 aromatic heterocycles. The van der Waals surface area contributed by atoms with Gasteiger partial charge in [0.1, 0.15) is 0 Å². The highest BCUT2D eigenvalue weighted by molar-refractivity contribution is 5.03. The maximum Gasteiger partial charge on any atom is 0.0833 e. The molecule has 0 N–H and O–H groups in total. The third-order valence-electron chi connectivity index (χ3n) is 2.58. The van der Waals surface area contributed by atoms with Gasteiger partial charge in [0.05, 0.1) is 30.8 Å². The van der Waals surface area contributed by atoms with Crippen LogP contribution in [0, 0.1) is 16.7 Å². The fraction of sp³-hybridized carbons (Fsp3) is 0.889. The first-order valence-corrected chi connectivity index (χ1v) is 4.45. The molecule has 66 valence electrons. The van der Waals surface area contributed by atoms with Crippen LogP contribution < -0.4 is 0 Å². The Balaban J connectivity index is 1.96. The van der Waals surface area contributed by atoms with Crippen molar-refractivity contribution in [2.75, 3.05) is 19.8 Å². The van der Waals surface area contributed by atoms with Crippen LogP contribution >= 0.6 is 0 Å². The smallest absolute Gasteiger partial charge is 0.0833 e. The van der Waals surface area contributed by atoms with Crippen LogP contribution in [0.5, 0.6) is 0 Å². The fourth-order valence-electron chi connectivity index (χ4n) is 1.77. The van der Waals surface area contributed by atoms with Crippen LogP contribution in [0.1, 0.15) is 19.3 Å². The quantitative estimate of drug-likeness (QED) is 0.578. The Morgan fingerprint density at radius 3 is 2.92 bits per heavy atom. The second-order valence-electron chi connectivity index (χ2n) is 3.71. The summed E-state index contributed by atoms with van der Waals surface area (Å²) in [5, 5.41) is 9.03. The molecule has 3 nitrogen and oxygen atoms in total. The molecule has 0 bridgehead atoms. The van der Waals surface area contributed by atoms with E-state index in [-0.39, 0.29) is 5.41 Å². The average molecular weight is 167 g/mol. The van der Waals surface area contributed by atoms with Crippen molar-refractivity contribution in [2.24, 2.45) is 5.41 Å². The largest absolute Gasteiger partial charge is 0.380 e. The predicted octanol–water partition coefficient (Wildman–Crippen LogP) is 1.10. The van der Waals surface area contributed by atoms with Crippen LogP contribution in [0.15, 0.2) is 0 Å². The summed E-state index contributed by atoms with van der Waals surface area (Å²) in [6.45, 7) is 2.25. The van der Waals surface area contributed by atoms with E-state index in [0.29, 0.717) is 12.7 Å². The van der Waals surface area contributed by atoms with Gasteiger partial charge in [-0.25, -0.2) is 0 Å². The SMILES string of the molecule is N#CC1(CC2CO2)CCCOC1. The van der Waals surface area contributed by atoms with Crippen molar-refractivity contribution in [3.63, 3.8) is 0 Å². The molecule has 0 spiro atoms. The number of ether oxygens (including phenoxy) is 2. The molecule has 2 rings (SSSR count). The molecule has 2 fully saturated rings. The second-order valence-corrected chi connectivity index (χ2v) is 3.71. The molecule has 0 saturated carbocycles. The van der Waals surface area contributed by atoms with E-state index >= 15 is 0 Å². The molecule has 2 unspecified atom stereocenters. The minimum absolute atomic E-state index is 0.237. The number of hydrogen-bond donors (Lipinski definition) is 0. The molecule has 2 aliphatic heterocycles. The summed E-state index contributed by atoms with van der Waals surface area (Å²) < 4.78 is 10.5. The van der Waals surface area contributed by atoms with Crippen LogP contribution in [0.4, 0.5) is 0 Å². The Bertz CT molecular complexity index is 199. The van der Waals surface area contributed by atoms with Gasteiger partial charge in [-0.2, -0.15) is 5.26 Å². The van der Waals surface area contributed by atoms with E-state index in [1.54, 1.807) is 0 Å². The molecular formula is C9H13NO2. The van der Waals surface area contributed by atoms with Gasteiger partial charge in [-0.15, -0.1) is 0 Å². The van der Waals surface area contributed by atoms with Crippen LogP contribution in [0.2, 0.25) is 0 Å². The first kappa shape index (κ1) is 8.03. The first-order chi connectivity index (χ1) is 5.85. The zero-order valence-corrected chi connectivity index (χ0v) is 7.08. The lowest BCUT2D eigenvalue weighted by Gasteiger charge is -2.29. The van der Waals surface area contributed by atoms with E-state index in [9.17, 15) is 0 Å². The Kier molecular flexibility index (Phi) is 2.03. The number of nitriles is 1. The molecular weight excluding hydrogens is 154 g/mol. The highest BCUT2D eigenvalue weighted by atomic mass is 16.6. The molecule has 3 heteroatoms. The summed E-state index contributed by atoms with van der Waals surface area (Å²) in [5.41, 5.74) is -0.237. The van der Waals surface area contributed by atoms with E-state index in [4.69, 9.17) is 14.7 Å². The van der Waals surface area contributed by atoms with Gasteiger partial charge in [0, 0.05) is 6.61 Å². The van der Waals surface area contributed by atoms with Crippen LogP contribution in [0.3, 0.4) is 0 Å². The van der Waals surface area contributed by atoms with E-state index in [1.807, 2.05) is 0 Å².